The molecule has 3 rings (SSSR count). The highest BCUT2D eigenvalue weighted by Gasteiger charge is 2.24. The van der Waals surface area contributed by atoms with Crippen molar-refractivity contribution in [3.8, 4) is 0 Å². The van der Waals surface area contributed by atoms with Gasteiger partial charge in [0.15, 0.2) is 0 Å². The molecule has 3 N–H and O–H groups in total. The van der Waals surface area contributed by atoms with Crippen molar-refractivity contribution in [2.24, 2.45) is 0 Å². The summed E-state index contributed by atoms with van der Waals surface area (Å²) in [7, 11) is 1.59. The zero-order chi connectivity index (χ0) is 17.1. The summed E-state index contributed by atoms with van der Waals surface area (Å²) in [5.41, 5.74) is 7.87. The van der Waals surface area contributed by atoms with Crippen LogP contribution in [0.3, 0.4) is 0 Å². The van der Waals surface area contributed by atoms with Crippen LogP contribution in [0, 0.1) is 6.92 Å². The predicted octanol–water partition coefficient (Wildman–Crippen LogP) is 0.700. The summed E-state index contributed by atoms with van der Waals surface area (Å²) >= 11 is 0. The molecule has 0 bridgehead atoms. The first-order valence-electron chi connectivity index (χ1n) is 7.72. The number of nitrogens with two attached hydrogens (primary N) is 1. The first-order chi connectivity index (χ1) is 11.6. The Kier molecular flexibility index (Phi) is 4.57. The zero-order valence-corrected chi connectivity index (χ0v) is 13.7. The molecule has 1 aliphatic heterocycles. The van der Waals surface area contributed by atoms with Crippen LogP contribution in [-0.4, -0.2) is 47.6 Å². The predicted molar refractivity (Wildman–Crippen MR) is 89.7 cm³/mol. The van der Waals surface area contributed by atoms with Crippen LogP contribution in [0.5, 0.6) is 0 Å². The number of nitrogens with zero attached hydrogens (tertiary/aromatic N) is 4. The standard InChI is InChI=1S/C16H20N6O2/c1-10-7-14(21-16(17)20-10)22-5-6-24-13(9-22)12-4-3-11(8-19-12)15(23)18-2/h3-4,7-8,13H,5-6,9H2,1-2H3,(H,18,23)(H2,17,20,21)/t13-/m1/s1. The Morgan fingerprint density at radius 2 is 2.25 bits per heavy atom. The minimum atomic E-state index is -0.186. The normalized spacial score (nSPS) is 17.6. The average molecular weight is 328 g/mol. The maximum absolute atomic E-state index is 11.6. The van der Waals surface area contributed by atoms with Gasteiger partial charge in [0.2, 0.25) is 5.95 Å². The van der Waals surface area contributed by atoms with Crippen molar-refractivity contribution in [2.45, 2.75) is 13.0 Å². The number of nitrogen functional groups attached to an aromatic ring is 1. The molecule has 1 fully saturated rings. The number of hydrogen-bond donors (Lipinski definition) is 2. The first-order valence-corrected chi connectivity index (χ1v) is 7.72. The Bertz CT molecular complexity index is 714. The Morgan fingerprint density at radius 1 is 1.42 bits per heavy atom. The molecule has 8 heteroatoms. The van der Waals surface area contributed by atoms with Gasteiger partial charge in [-0.3, -0.25) is 9.78 Å². The highest BCUT2D eigenvalue weighted by Crippen LogP contribution is 2.24. The second kappa shape index (κ2) is 6.79. The number of amides is 1. The lowest BCUT2D eigenvalue weighted by Crippen LogP contribution is -2.39. The SMILES string of the molecule is CNC(=O)c1ccc([C@H]2CN(c3cc(C)nc(N)n3)CCO2)nc1. The second-order valence-electron chi connectivity index (χ2n) is 5.58. The summed E-state index contributed by atoms with van der Waals surface area (Å²) < 4.78 is 5.82. The molecule has 1 saturated heterocycles. The van der Waals surface area contributed by atoms with Crippen LogP contribution in [0.25, 0.3) is 0 Å². The van der Waals surface area contributed by atoms with Crippen LogP contribution in [0.2, 0.25) is 0 Å². The third-order valence-electron chi connectivity index (χ3n) is 3.85. The van der Waals surface area contributed by atoms with Crippen molar-refractivity contribution in [2.75, 3.05) is 37.4 Å². The summed E-state index contributed by atoms with van der Waals surface area (Å²) in [6, 6.07) is 5.47. The monoisotopic (exact) mass is 328 g/mol. The van der Waals surface area contributed by atoms with Crippen LogP contribution in [0.1, 0.15) is 27.8 Å². The molecule has 2 aromatic heterocycles. The van der Waals surface area contributed by atoms with E-state index in [-0.39, 0.29) is 18.0 Å². The maximum Gasteiger partial charge on any atom is 0.252 e. The Hall–Kier alpha value is -2.74. The van der Waals surface area contributed by atoms with Crippen LogP contribution < -0.4 is 16.0 Å². The van der Waals surface area contributed by atoms with Crippen LogP contribution in [0.4, 0.5) is 11.8 Å². The highest BCUT2D eigenvalue weighted by molar-refractivity contribution is 5.93. The maximum atomic E-state index is 11.6. The number of hydrogen-bond acceptors (Lipinski definition) is 7. The van der Waals surface area contributed by atoms with Gasteiger partial charge < -0.3 is 20.7 Å². The van der Waals surface area contributed by atoms with Crippen molar-refractivity contribution < 1.29 is 9.53 Å². The minimum Gasteiger partial charge on any atom is -0.368 e. The fraction of sp³-hybridized carbons (Fsp3) is 0.375. The molecule has 0 aliphatic carbocycles. The molecule has 1 aliphatic rings. The minimum absolute atomic E-state index is 0.160. The molecule has 126 valence electrons. The van der Waals surface area contributed by atoms with Gasteiger partial charge in [-0.1, -0.05) is 0 Å². The molecule has 0 aromatic carbocycles. The van der Waals surface area contributed by atoms with Crippen LogP contribution in [-0.2, 0) is 4.74 Å². The molecule has 0 unspecified atom stereocenters. The van der Waals surface area contributed by atoms with Crippen LogP contribution in [0.15, 0.2) is 24.4 Å². The number of ether oxygens (including phenoxy) is 1. The van der Waals surface area contributed by atoms with Crippen molar-refractivity contribution in [1.82, 2.24) is 20.3 Å². The average Bonchev–Trinajstić information content (AvgIpc) is 2.60. The van der Waals surface area contributed by atoms with Crippen molar-refractivity contribution >= 4 is 17.7 Å². The lowest BCUT2D eigenvalue weighted by Gasteiger charge is -2.33. The summed E-state index contributed by atoms with van der Waals surface area (Å²) in [5, 5.41) is 2.57. The largest absolute Gasteiger partial charge is 0.368 e. The van der Waals surface area contributed by atoms with Gasteiger partial charge in [-0.05, 0) is 19.1 Å². The summed E-state index contributed by atoms with van der Waals surface area (Å²) in [4.78, 5) is 26.5. The van der Waals surface area contributed by atoms with Gasteiger partial charge in [0, 0.05) is 31.5 Å². The molecule has 2 aromatic rings. The molecule has 8 nitrogen and oxygen atoms in total. The van der Waals surface area contributed by atoms with Gasteiger partial charge in [-0.15, -0.1) is 0 Å². The molecule has 0 saturated carbocycles. The van der Waals surface area contributed by atoms with E-state index in [0.29, 0.717) is 18.7 Å². The fourth-order valence-corrected chi connectivity index (χ4v) is 2.65. The number of morpholine rings is 1. The third kappa shape index (κ3) is 3.43. The smallest absolute Gasteiger partial charge is 0.252 e. The fourth-order valence-electron chi connectivity index (χ4n) is 2.65. The number of aromatic nitrogens is 3. The Morgan fingerprint density at radius 3 is 2.92 bits per heavy atom. The van der Waals surface area contributed by atoms with E-state index in [1.807, 2.05) is 19.1 Å². The van der Waals surface area contributed by atoms with Gasteiger partial charge in [0.05, 0.1) is 24.4 Å². The van der Waals surface area contributed by atoms with E-state index in [2.05, 4.69) is 25.2 Å². The Labute approximate surface area is 140 Å². The number of nitrogens with one attached hydrogen (secondary N) is 1. The number of pyridine rings is 1. The summed E-state index contributed by atoms with van der Waals surface area (Å²) in [6.45, 7) is 3.79. The second-order valence-corrected chi connectivity index (χ2v) is 5.58. The zero-order valence-electron chi connectivity index (χ0n) is 13.7. The highest BCUT2D eigenvalue weighted by atomic mass is 16.5. The lowest BCUT2D eigenvalue weighted by atomic mass is 10.1. The van der Waals surface area contributed by atoms with Gasteiger partial charge >= 0.3 is 0 Å². The molecule has 0 radical (unpaired) electrons. The lowest BCUT2D eigenvalue weighted by molar-refractivity contribution is 0.0367. The first kappa shape index (κ1) is 16.1. The van der Waals surface area contributed by atoms with E-state index in [0.717, 1.165) is 23.8 Å². The van der Waals surface area contributed by atoms with Gasteiger partial charge in [0.25, 0.3) is 5.91 Å². The van der Waals surface area contributed by atoms with E-state index >= 15 is 0 Å². The molecule has 24 heavy (non-hydrogen) atoms. The number of rotatable bonds is 3. The molecular weight excluding hydrogens is 308 g/mol. The quantitative estimate of drug-likeness (QED) is 0.854. The summed E-state index contributed by atoms with van der Waals surface area (Å²) in [5.74, 6) is 0.892. The van der Waals surface area contributed by atoms with E-state index in [4.69, 9.17) is 10.5 Å². The number of aryl methyl sites for hydroxylation is 1. The molecule has 1 atom stereocenters. The van der Waals surface area contributed by atoms with Gasteiger partial charge in [-0.25, -0.2) is 4.98 Å². The van der Waals surface area contributed by atoms with Crippen molar-refractivity contribution in [3.63, 3.8) is 0 Å². The number of carbonyl (C=O) groups is 1. The van der Waals surface area contributed by atoms with E-state index in [9.17, 15) is 4.79 Å². The summed E-state index contributed by atoms with van der Waals surface area (Å²) in [6.07, 6.45) is 1.37. The van der Waals surface area contributed by atoms with Gasteiger partial charge in [0.1, 0.15) is 11.9 Å². The topological polar surface area (TPSA) is 106 Å². The van der Waals surface area contributed by atoms with Crippen molar-refractivity contribution in [3.05, 3.63) is 41.3 Å². The van der Waals surface area contributed by atoms with E-state index in [1.54, 1.807) is 19.3 Å². The molecule has 0 spiro atoms. The third-order valence-corrected chi connectivity index (χ3v) is 3.85. The van der Waals surface area contributed by atoms with Gasteiger partial charge in [-0.2, -0.15) is 4.98 Å². The van der Waals surface area contributed by atoms with Crippen LogP contribution >= 0.6 is 0 Å². The number of anilines is 2. The molecular formula is C16H20N6O2. The molecule has 1 amide bonds. The molecule has 3 heterocycles. The van der Waals surface area contributed by atoms with Crippen molar-refractivity contribution in [1.29, 1.82) is 0 Å². The van der Waals surface area contributed by atoms with E-state index in [1.165, 1.54) is 0 Å². The number of carbonyl (C=O) groups excluding carboxylic acids is 1. The van der Waals surface area contributed by atoms with E-state index < -0.39 is 0 Å². The Balaban J connectivity index is 1.76.